The van der Waals surface area contributed by atoms with Crippen molar-refractivity contribution in [1.82, 2.24) is 4.98 Å². The van der Waals surface area contributed by atoms with Crippen LogP contribution in [0.5, 0.6) is 0 Å². The molecule has 3 nitrogen and oxygen atoms in total. The first-order valence-electron chi connectivity index (χ1n) is 4.78. The Morgan fingerprint density at radius 3 is 2.62 bits per heavy atom. The molecule has 0 amide bonds. The highest BCUT2D eigenvalue weighted by Gasteiger charge is 2.14. The number of nitrogens with two attached hydrogens (primary N) is 1. The van der Waals surface area contributed by atoms with Crippen molar-refractivity contribution >= 4 is 17.4 Å². The Bertz CT molecular complexity index is 578. The van der Waals surface area contributed by atoms with Gasteiger partial charge in [0, 0.05) is 10.6 Å². The molecule has 0 radical (unpaired) electrons. The molecular weight excluding hydrogens is 222 g/mol. The third-order valence-corrected chi connectivity index (χ3v) is 2.86. The number of benzene rings is 1. The molecule has 0 spiro atoms. The van der Waals surface area contributed by atoms with Crippen LogP contribution in [0.15, 0.2) is 24.3 Å². The maximum absolute atomic E-state index is 8.95. The van der Waals surface area contributed by atoms with Crippen molar-refractivity contribution in [3.63, 3.8) is 0 Å². The maximum atomic E-state index is 8.95. The van der Waals surface area contributed by atoms with Crippen LogP contribution in [-0.4, -0.2) is 4.98 Å². The Morgan fingerprint density at radius 2 is 2.06 bits per heavy atom. The van der Waals surface area contributed by atoms with E-state index < -0.39 is 0 Å². The van der Waals surface area contributed by atoms with Crippen molar-refractivity contribution < 1.29 is 0 Å². The van der Waals surface area contributed by atoms with Gasteiger partial charge in [-0.1, -0.05) is 29.8 Å². The molecule has 3 N–H and O–H groups in total. The summed E-state index contributed by atoms with van der Waals surface area (Å²) < 4.78 is 0. The summed E-state index contributed by atoms with van der Waals surface area (Å²) in [6, 6.07) is 9.52. The highest BCUT2D eigenvalue weighted by atomic mass is 35.5. The van der Waals surface area contributed by atoms with Crippen LogP contribution in [0.3, 0.4) is 0 Å². The molecule has 0 unspecified atom stereocenters. The third kappa shape index (κ3) is 1.54. The van der Waals surface area contributed by atoms with Crippen LogP contribution in [0.25, 0.3) is 11.3 Å². The summed E-state index contributed by atoms with van der Waals surface area (Å²) in [4.78, 5) is 2.99. The molecule has 16 heavy (non-hydrogen) atoms. The SMILES string of the molecule is Cc1c(-c2ccccc2Cl)[nH]c(N)c1C#N. The van der Waals surface area contributed by atoms with Crippen LogP contribution in [0, 0.1) is 18.3 Å². The van der Waals surface area contributed by atoms with Crippen molar-refractivity contribution in [1.29, 1.82) is 5.26 Å². The number of halogens is 1. The largest absolute Gasteiger partial charge is 0.384 e. The van der Waals surface area contributed by atoms with Crippen LogP contribution in [0.4, 0.5) is 5.82 Å². The van der Waals surface area contributed by atoms with E-state index in [4.69, 9.17) is 22.6 Å². The number of hydrogen-bond donors (Lipinski definition) is 2. The zero-order valence-corrected chi connectivity index (χ0v) is 9.47. The lowest BCUT2D eigenvalue weighted by Crippen LogP contribution is -1.87. The van der Waals surface area contributed by atoms with Crippen molar-refractivity contribution in [3.05, 3.63) is 40.4 Å². The number of rotatable bonds is 1. The van der Waals surface area contributed by atoms with Gasteiger partial charge in [0.05, 0.1) is 11.3 Å². The Balaban J connectivity index is 2.68. The predicted octanol–water partition coefficient (Wildman–Crippen LogP) is 3.10. The Kier molecular flexibility index (Phi) is 2.59. The number of nitrogen functional groups attached to an aromatic ring is 1. The van der Waals surface area contributed by atoms with Gasteiger partial charge in [-0.05, 0) is 18.6 Å². The molecule has 0 aliphatic heterocycles. The van der Waals surface area contributed by atoms with Gasteiger partial charge in [-0.15, -0.1) is 0 Å². The predicted molar refractivity (Wildman–Crippen MR) is 65.1 cm³/mol. The average Bonchev–Trinajstić information content (AvgIpc) is 2.55. The van der Waals surface area contributed by atoms with Gasteiger partial charge in [-0.25, -0.2) is 0 Å². The van der Waals surface area contributed by atoms with Crippen molar-refractivity contribution in [2.75, 3.05) is 5.73 Å². The quantitative estimate of drug-likeness (QED) is 0.792. The monoisotopic (exact) mass is 231 g/mol. The zero-order valence-electron chi connectivity index (χ0n) is 8.71. The van der Waals surface area contributed by atoms with Gasteiger partial charge in [0.15, 0.2) is 0 Å². The number of nitriles is 1. The van der Waals surface area contributed by atoms with Crippen LogP contribution in [0.2, 0.25) is 5.02 Å². The minimum atomic E-state index is 0.384. The highest BCUT2D eigenvalue weighted by Crippen LogP contribution is 2.32. The second-order valence-corrected chi connectivity index (χ2v) is 3.91. The molecule has 1 heterocycles. The number of aromatic nitrogens is 1. The number of nitrogens with zero attached hydrogens (tertiary/aromatic N) is 1. The molecule has 2 rings (SSSR count). The van der Waals surface area contributed by atoms with Crippen molar-refractivity contribution in [3.8, 4) is 17.3 Å². The molecule has 0 saturated carbocycles. The first-order valence-corrected chi connectivity index (χ1v) is 5.16. The number of H-pyrrole nitrogens is 1. The topological polar surface area (TPSA) is 65.6 Å². The van der Waals surface area contributed by atoms with Gasteiger partial charge in [0.1, 0.15) is 11.9 Å². The fraction of sp³-hybridized carbons (Fsp3) is 0.0833. The summed E-state index contributed by atoms with van der Waals surface area (Å²) in [5, 5.41) is 9.58. The Hall–Kier alpha value is -1.92. The van der Waals surface area contributed by atoms with E-state index in [0.29, 0.717) is 16.4 Å². The third-order valence-electron chi connectivity index (χ3n) is 2.53. The van der Waals surface area contributed by atoms with Gasteiger partial charge < -0.3 is 10.7 Å². The van der Waals surface area contributed by atoms with Crippen molar-refractivity contribution in [2.24, 2.45) is 0 Å². The summed E-state index contributed by atoms with van der Waals surface area (Å²) in [6.45, 7) is 1.85. The van der Waals surface area contributed by atoms with Gasteiger partial charge in [-0.3, -0.25) is 0 Å². The molecule has 1 aromatic heterocycles. The fourth-order valence-electron chi connectivity index (χ4n) is 1.70. The first kappa shape index (κ1) is 10.6. The van der Waals surface area contributed by atoms with Gasteiger partial charge in [0.2, 0.25) is 0 Å². The van der Waals surface area contributed by atoms with E-state index in [0.717, 1.165) is 16.8 Å². The highest BCUT2D eigenvalue weighted by molar-refractivity contribution is 6.33. The van der Waals surface area contributed by atoms with Crippen LogP contribution < -0.4 is 5.73 Å². The van der Waals surface area contributed by atoms with Crippen LogP contribution in [0.1, 0.15) is 11.1 Å². The summed E-state index contributed by atoms with van der Waals surface area (Å²) in [7, 11) is 0. The summed E-state index contributed by atoms with van der Waals surface area (Å²) in [6.07, 6.45) is 0. The molecule has 0 atom stereocenters. The Labute approximate surface area is 98.5 Å². The standard InChI is InChI=1S/C12H10ClN3/c1-7-9(6-14)12(15)16-11(7)8-4-2-3-5-10(8)13/h2-5,16H,15H2,1H3. The minimum Gasteiger partial charge on any atom is -0.384 e. The second-order valence-electron chi connectivity index (χ2n) is 3.51. The summed E-state index contributed by atoms with van der Waals surface area (Å²) >= 11 is 6.09. The van der Waals surface area contributed by atoms with Crippen LogP contribution in [-0.2, 0) is 0 Å². The smallest absolute Gasteiger partial charge is 0.119 e. The second kappa shape index (κ2) is 3.92. The summed E-state index contributed by atoms with van der Waals surface area (Å²) in [5.41, 5.74) is 8.69. The average molecular weight is 232 g/mol. The number of aromatic amines is 1. The molecule has 4 heteroatoms. The zero-order chi connectivity index (χ0) is 11.7. The van der Waals surface area contributed by atoms with Crippen LogP contribution >= 0.6 is 11.6 Å². The van der Waals surface area contributed by atoms with E-state index >= 15 is 0 Å². The van der Waals surface area contributed by atoms with E-state index in [1.54, 1.807) is 6.07 Å². The van der Waals surface area contributed by atoms with Gasteiger partial charge in [-0.2, -0.15) is 5.26 Å². The molecular formula is C12H10ClN3. The fourth-order valence-corrected chi connectivity index (χ4v) is 1.93. The number of anilines is 1. The lowest BCUT2D eigenvalue weighted by Gasteiger charge is -2.02. The lowest BCUT2D eigenvalue weighted by atomic mass is 10.1. The molecule has 2 aromatic rings. The van der Waals surface area contributed by atoms with E-state index in [1.165, 1.54) is 0 Å². The van der Waals surface area contributed by atoms with E-state index in [1.807, 2.05) is 25.1 Å². The number of nitrogens with one attached hydrogen (secondary N) is 1. The van der Waals surface area contributed by atoms with E-state index in [2.05, 4.69) is 11.1 Å². The molecule has 0 bridgehead atoms. The molecule has 0 aliphatic carbocycles. The first-order chi connectivity index (χ1) is 7.65. The normalized spacial score (nSPS) is 10.1. The Morgan fingerprint density at radius 1 is 1.38 bits per heavy atom. The van der Waals surface area contributed by atoms with Gasteiger partial charge in [0.25, 0.3) is 0 Å². The lowest BCUT2D eigenvalue weighted by molar-refractivity contribution is 1.38. The van der Waals surface area contributed by atoms with Gasteiger partial charge >= 0.3 is 0 Å². The molecule has 80 valence electrons. The van der Waals surface area contributed by atoms with E-state index in [-0.39, 0.29) is 0 Å². The molecule has 0 saturated heterocycles. The molecule has 1 aromatic carbocycles. The number of hydrogen-bond acceptors (Lipinski definition) is 2. The van der Waals surface area contributed by atoms with E-state index in [9.17, 15) is 0 Å². The van der Waals surface area contributed by atoms with Crippen molar-refractivity contribution in [2.45, 2.75) is 6.92 Å². The molecule has 0 fully saturated rings. The molecule has 0 aliphatic rings. The minimum absolute atomic E-state index is 0.384. The summed E-state index contributed by atoms with van der Waals surface area (Å²) in [5.74, 6) is 0.384. The maximum Gasteiger partial charge on any atom is 0.119 e.